The average Bonchev–Trinajstić information content (AvgIpc) is 1.46. The molecule has 18 aromatic rings. The molecular weight excluding hydrogens is 1300 g/mol. The summed E-state index contributed by atoms with van der Waals surface area (Å²) in [7, 11) is 0. The first-order valence-electron chi connectivity index (χ1n) is 37.7. The second-order valence-corrected chi connectivity index (χ2v) is 29.9. The molecule has 498 valence electrons. The predicted octanol–water partition coefficient (Wildman–Crippen LogP) is 24.7. The van der Waals surface area contributed by atoms with Gasteiger partial charge in [0.05, 0.1) is 22.2 Å². The maximum atomic E-state index is 6.60. The minimum Gasteiger partial charge on any atom is -0.456 e. The maximum Gasteiger partial charge on any atom is 0.252 e. The van der Waals surface area contributed by atoms with E-state index in [-0.39, 0.29) is 6.71 Å². The minimum atomic E-state index is -0.511. The maximum absolute atomic E-state index is 6.60. The first-order valence-corrected chi connectivity index (χ1v) is 37.7. The number of fused-ring (bicyclic) bond motifs is 27. The summed E-state index contributed by atoms with van der Waals surface area (Å²) in [6.45, 7) is -0.289. The Morgan fingerprint density at radius 2 is 0.556 bits per heavy atom. The molecule has 0 fully saturated rings. The van der Waals surface area contributed by atoms with Gasteiger partial charge >= 0.3 is 0 Å². The summed E-state index contributed by atoms with van der Waals surface area (Å²) in [5.74, 6) is 0. The summed E-state index contributed by atoms with van der Waals surface area (Å²) in [5.41, 5.74) is 43.6. The van der Waals surface area contributed by atoms with E-state index >= 15 is 0 Å². The van der Waals surface area contributed by atoms with Crippen LogP contribution in [-0.4, -0.2) is 6.71 Å². The Labute approximate surface area is 626 Å². The van der Waals surface area contributed by atoms with Crippen LogP contribution >= 0.6 is 0 Å². The standard InChI is InChI=1S/C104H63BN2O/c1-3-27-64(28-4-1)70-31-13-22-50-92(70)106-94-56-53-67(72-40-25-48-88-100(72)79-38-11-20-46-86(79)103(88)82-42-16-7-33-74(82)75-34-8-17-43-83(75)103)60-90(94)105-91-61-68(73-41-26-49-89-101(73)80-39-12-21-47-87(80)104(89)84-44-18-9-35-76(84)77-36-10-19-45-85(77)104)54-57-95(91)107(93-51-23-14-32-71(93)65-29-5-2-6-30-65)97-63-69(62-96(106)102(97)105)66-55-58-99-81(59-66)78-37-15-24-52-98(78)108-99/h1-63H. The van der Waals surface area contributed by atoms with Crippen LogP contribution in [0.2, 0.25) is 0 Å². The molecule has 0 bridgehead atoms. The van der Waals surface area contributed by atoms with E-state index in [1.165, 1.54) is 128 Å². The van der Waals surface area contributed by atoms with Gasteiger partial charge in [-0.3, -0.25) is 0 Å². The molecule has 0 unspecified atom stereocenters. The number of rotatable bonds is 7. The lowest BCUT2D eigenvalue weighted by Crippen LogP contribution is -2.61. The fourth-order valence-electron chi connectivity index (χ4n) is 20.8. The van der Waals surface area contributed by atoms with Crippen LogP contribution in [0.25, 0.3) is 122 Å². The van der Waals surface area contributed by atoms with Crippen molar-refractivity contribution in [2.24, 2.45) is 0 Å². The van der Waals surface area contributed by atoms with Crippen LogP contribution in [0.4, 0.5) is 34.1 Å². The van der Waals surface area contributed by atoms with Gasteiger partial charge in [-0.15, -0.1) is 0 Å². The largest absolute Gasteiger partial charge is 0.456 e. The number of benzene rings is 17. The summed E-state index contributed by atoms with van der Waals surface area (Å²) in [6.07, 6.45) is 0. The quantitative estimate of drug-likeness (QED) is 0.148. The zero-order valence-electron chi connectivity index (χ0n) is 58.8. The van der Waals surface area contributed by atoms with Crippen molar-refractivity contribution in [1.29, 1.82) is 0 Å². The van der Waals surface area contributed by atoms with Crippen LogP contribution in [0.15, 0.2) is 387 Å². The molecule has 0 saturated carbocycles. The second-order valence-electron chi connectivity index (χ2n) is 29.9. The summed E-state index contributed by atoms with van der Waals surface area (Å²) >= 11 is 0. The van der Waals surface area contributed by atoms with Crippen LogP contribution in [0, 0.1) is 0 Å². The van der Waals surface area contributed by atoms with E-state index in [1.807, 2.05) is 0 Å². The predicted molar refractivity (Wildman–Crippen MR) is 448 cm³/mol. The highest BCUT2D eigenvalue weighted by molar-refractivity contribution is 7.00. The fraction of sp³-hybridized carbons (Fsp3) is 0.0192. The van der Waals surface area contributed by atoms with E-state index < -0.39 is 10.8 Å². The van der Waals surface area contributed by atoms with Crippen LogP contribution < -0.4 is 26.2 Å². The van der Waals surface area contributed by atoms with Crippen LogP contribution in [0.1, 0.15) is 44.5 Å². The Balaban J connectivity index is 0.815. The van der Waals surface area contributed by atoms with Gasteiger partial charge in [0.25, 0.3) is 6.71 Å². The van der Waals surface area contributed by atoms with Crippen molar-refractivity contribution in [3.8, 4) is 100 Å². The Bertz CT molecular complexity index is 6480. The highest BCUT2D eigenvalue weighted by Crippen LogP contribution is 2.66. The SMILES string of the molecule is c1ccc(-c2ccccc2N2c3ccc(-c4cccc5c4-c4ccccc4C54c5ccccc5-c5ccccc54)cc3B3c4cc(-c5cccc6c5-c5ccccc5C65c6ccccc6-c6ccccc65)ccc4N(c4ccccc4-c4ccccc4)c4cc(-c5ccc6oc7ccccc7c6c5)cc2c43)cc1. The Morgan fingerprint density at radius 1 is 0.204 bits per heavy atom. The van der Waals surface area contributed by atoms with Gasteiger partial charge in [0.15, 0.2) is 0 Å². The number of nitrogens with zero attached hydrogens (tertiary/aromatic N) is 2. The molecule has 17 aromatic carbocycles. The molecule has 0 atom stereocenters. The van der Waals surface area contributed by atoms with E-state index in [9.17, 15) is 0 Å². The second kappa shape index (κ2) is 22.4. The normalized spacial score (nSPS) is 14.0. The van der Waals surface area contributed by atoms with Crippen molar-refractivity contribution in [1.82, 2.24) is 0 Å². The van der Waals surface area contributed by atoms with Crippen LogP contribution in [0.5, 0.6) is 0 Å². The van der Waals surface area contributed by atoms with E-state index in [2.05, 4.69) is 392 Å². The van der Waals surface area contributed by atoms with Crippen LogP contribution in [0.3, 0.4) is 0 Å². The van der Waals surface area contributed by atoms with Gasteiger partial charge in [-0.1, -0.05) is 328 Å². The van der Waals surface area contributed by atoms with E-state index in [0.717, 1.165) is 89.4 Å². The van der Waals surface area contributed by atoms with Crippen molar-refractivity contribution in [2.75, 3.05) is 9.80 Å². The third-order valence-electron chi connectivity index (χ3n) is 24.9. The highest BCUT2D eigenvalue weighted by Gasteiger charge is 2.55. The van der Waals surface area contributed by atoms with E-state index in [0.29, 0.717) is 0 Å². The van der Waals surface area contributed by atoms with Crippen molar-refractivity contribution >= 4 is 79.2 Å². The molecule has 0 saturated heterocycles. The van der Waals surface area contributed by atoms with Gasteiger partial charge < -0.3 is 14.2 Å². The number of hydrogen-bond donors (Lipinski definition) is 0. The first-order chi connectivity index (χ1) is 53.6. The van der Waals surface area contributed by atoms with E-state index in [4.69, 9.17) is 4.42 Å². The smallest absolute Gasteiger partial charge is 0.252 e. The van der Waals surface area contributed by atoms with Gasteiger partial charge in [-0.05, 0) is 205 Å². The lowest BCUT2D eigenvalue weighted by Gasteiger charge is -2.45. The Kier molecular flexibility index (Phi) is 12.3. The number of anilines is 6. The molecule has 2 aliphatic heterocycles. The molecule has 1 aromatic heterocycles. The monoisotopic (exact) mass is 1370 g/mol. The molecular formula is C104H63BN2O. The molecule has 0 N–H and O–H groups in total. The summed E-state index contributed by atoms with van der Waals surface area (Å²) in [5, 5.41) is 2.19. The molecule has 3 heterocycles. The zero-order valence-corrected chi connectivity index (χ0v) is 58.8. The number of para-hydroxylation sites is 3. The van der Waals surface area contributed by atoms with E-state index in [1.54, 1.807) is 0 Å². The van der Waals surface area contributed by atoms with Gasteiger partial charge in [0.2, 0.25) is 0 Å². The fourth-order valence-corrected chi connectivity index (χ4v) is 20.8. The molecule has 4 heteroatoms. The summed E-state index contributed by atoms with van der Waals surface area (Å²) in [4.78, 5) is 5.26. The van der Waals surface area contributed by atoms with Gasteiger partial charge in [0, 0.05) is 44.6 Å². The molecule has 24 rings (SSSR count). The molecule has 3 nitrogen and oxygen atoms in total. The third-order valence-corrected chi connectivity index (χ3v) is 24.9. The summed E-state index contributed by atoms with van der Waals surface area (Å²) < 4.78 is 6.60. The highest BCUT2D eigenvalue weighted by atomic mass is 16.3. The topological polar surface area (TPSA) is 19.6 Å². The molecule has 0 radical (unpaired) electrons. The molecule has 108 heavy (non-hydrogen) atoms. The Hall–Kier alpha value is -13.8. The van der Waals surface area contributed by atoms with Gasteiger partial charge in [-0.2, -0.15) is 0 Å². The molecule has 0 amide bonds. The third kappa shape index (κ3) is 7.87. The Morgan fingerprint density at radius 3 is 1.02 bits per heavy atom. The van der Waals surface area contributed by atoms with Crippen LogP contribution in [-0.2, 0) is 10.8 Å². The zero-order chi connectivity index (χ0) is 70.5. The van der Waals surface area contributed by atoms with Crippen molar-refractivity contribution in [3.05, 3.63) is 427 Å². The number of furan rings is 1. The first kappa shape index (κ1) is 59.6. The molecule has 4 aliphatic carbocycles. The number of hydrogen-bond acceptors (Lipinski definition) is 3. The van der Waals surface area contributed by atoms with Crippen molar-refractivity contribution < 1.29 is 4.42 Å². The lowest BCUT2D eigenvalue weighted by atomic mass is 9.33. The van der Waals surface area contributed by atoms with Gasteiger partial charge in [0.1, 0.15) is 11.2 Å². The van der Waals surface area contributed by atoms with Crippen molar-refractivity contribution in [2.45, 2.75) is 10.8 Å². The van der Waals surface area contributed by atoms with Gasteiger partial charge in [-0.25, -0.2) is 0 Å². The molecule has 6 aliphatic rings. The van der Waals surface area contributed by atoms with Crippen molar-refractivity contribution in [3.63, 3.8) is 0 Å². The lowest BCUT2D eigenvalue weighted by molar-refractivity contribution is 0.669. The minimum absolute atomic E-state index is 0.289. The molecule has 2 spiro atoms. The summed E-state index contributed by atoms with van der Waals surface area (Å²) in [6, 6.07) is 145. The average molecular weight is 1370 g/mol.